The van der Waals surface area contributed by atoms with Crippen LogP contribution in [0.25, 0.3) is 0 Å². The summed E-state index contributed by atoms with van der Waals surface area (Å²) in [5, 5.41) is 8.50. The van der Waals surface area contributed by atoms with E-state index in [0.717, 1.165) is 10.3 Å². The third-order valence-corrected chi connectivity index (χ3v) is 1.61. The Labute approximate surface area is 81.4 Å². The molecule has 0 saturated heterocycles. The van der Waals surface area contributed by atoms with Crippen molar-refractivity contribution in [3.8, 4) is 6.07 Å². The van der Waals surface area contributed by atoms with Gasteiger partial charge in [0.2, 0.25) is 0 Å². The second kappa shape index (κ2) is 5.73. The van der Waals surface area contributed by atoms with Crippen molar-refractivity contribution in [3.05, 3.63) is 28.0 Å². The highest BCUT2D eigenvalue weighted by molar-refractivity contribution is 9.10. The topological polar surface area (TPSA) is 36.7 Å². The number of rotatable bonds is 0. The van der Waals surface area contributed by atoms with Gasteiger partial charge < -0.3 is 0 Å². The number of pyridine rings is 1. The molecule has 1 aromatic heterocycles. The number of hydrogen-bond donors (Lipinski definition) is 0. The minimum Gasteiger partial charge on any atom is -0.245 e. The zero-order valence-corrected chi connectivity index (χ0v) is 9.01. The standard InChI is InChI=1S/C7H5BrN2.C2H6/c1-5-6(4-9)2-3-7(8)10-5;1-2/h2-3H,1H3;1-2H3. The summed E-state index contributed by atoms with van der Waals surface area (Å²) in [4.78, 5) is 4.04. The van der Waals surface area contributed by atoms with E-state index in [2.05, 4.69) is 20.9 Å². The van der Waals surface area contributed by atoms with Crippen molar-refractivity contribution in [1.29, 1.82) is 5.26 Å². The second-order valence-corrected chi connectivity index (χ2v) is 2.69. The fourth-order valence-electron chi connectivity index (χ4n) is 0.649. The van der Waals surface area contributed by atoms with Crippen LogP contribution in [0.5, 0.6) is 0 Å². The number of hydrogen-bond acceptors (Lipinski definition) is 2. The van der Waals surface area contributed by atoms with Crippen LogP contribution < -0.4 is 0 Å². The first-order valence-corrected chi connectivity index (χ1v) is 4.56. The highest BCUT2D eigenvalue weighted by atomic mass is 79.9. The highest BCUT2D eigenvalue weighted by Crippen LogP contribution is 2.09. The molecule has 0 aliphatic carbocycles. The maximum Gasteiger partial charge on any atom is 0.106 e. The molecule has 3 heteroatoms. The smallest absolute Gasteiger partial charge is 0.106 e. The van der Waals surface area contributed by atoms with E-state index in [1.54, 1.807) is 12.1 Å². The first-order valence-electron chi connectivity index (χ1n) is 3.77. The Morgan fingerprint density at radius 1 is 1.42 bits per heavy atom. The molecule has 0 radical (unpaired) electrons. The van der Waals surface area contributed by atoms with Gasteiger partial charge in [-0.25, -0.2) is 4.98 Å². The van der Waals surface area contributed by atoms with Crippen LogP contribution in [-0.2, 0) is 0 Å². The largest absolute Gasteiger partial charge is 0.245 e. The minimum atomic E-state index is 0.628. The lowest BCUT2D eigenvalue weighted by molar-refractivity contribution is 1.15. The fourth-order valence-corrected chi connectivity index (χ4v) is 1.05. The van der Waals surface area contributed by atoms with Crippen LogP contribution in [0.2, 0.25) is 0 Å². The molecule has 0 bridgehead atoms. The van der Waals surface area contributed by atoms with Gasteiger partial charge in [0.1, 0.15) is 10.7 Å². The Hall–Kier alpha value is -0.880. The van der Waals surface area contributed by atoms with Crippen molar-refractivity contribution in [2.24, 2.45) is 0 Å². The minimum absolute atomic E-state index is 0.628. The second-order valence-electron chi connectivity index (χ2n) is 1.88. The molecule has 0 aromatic carbocycles. The summed E-state index contributed by atoms with van der Waals surface area (Å²) in [5.41, 5.74) is 1.39. The molecule has 0 spiro atoms. The number of aromatic nitrogens is 1. The zero-order chi connectivity index (χ0) is 9.56. The maximum absolute atomic E-state index is 8.50. The molecule has 2 nitrogen and oxygen atoms in total. The molecule has 1 aromatic rings. The summed E-state index contributed by atoms with van der Waals surface area (Å²) in [6, 6.07) is 5.54. The summed E-state index contributed by atoms with van der Waals surface area (Å²) >= 11 is 3.20. The summed E-state index contributed by atoms with van der Waals surface area (Å²) in [7, 11) is 0. The van der Waals surface area contributed by atoms with Crippen molar-refractivity contribution in [1.82, 2.24) is 4.98 Å². The Bertz CT molecular complexity index is 289. The molecule has 0 fully saturated rings. The van der Waals surface area contributed by atoms with Gasteiger partial charge in [-0.1, -0.05) is 13.8 Å². The quantitative estimate of drug-likeness (QED) is 0.638. The van der Waals surface area contributed by atoms with Gasteiger partial charge in [-0.2, -0.15) is 5.26 Å². The van der Waals surface area contributed by atoms with Crippen LogP contribution in [0.1, 0.15) is 25.1 Å². The van der Waals surface area contributed by atoms with Gasteiger partial charge in [0, 0.05) is 0 Å². The van der Waals surface area contributed by atoms with Gasteiger partial charge in [0.05, 0.1) is 11.3 Å². The molecule has 64 valence electrons. The number of aryl methyl sites for hydroxylation is 1. The Kier molecular flexibility index (Phi) is 5.31. The van der Waals surface area contributed by atoms with Crippen molar-refractivity contribution in [3.63, 3.8) is 0 Å². The normalized spacial score (nSPS) is 7.92. The first kappa shape index (κ1) is 11.1. The lowest BCUT2D eigenvalue weighted by Crippen LogP contribution is -1.86. The van der Waals surface area contributed by atoms with E-state index >= 15 is 0 Å². The Morgan fingerprint density at radius 3 is 2.42 bits per heavy atom. The molecule has 1 rings (SSSR count). The van der Waals surface area contributed by atoms with E-state index < -0.39 is 0 Å². The summed E-state index contributed by atoms with van der Waals surface area (Å²) in [6.45, 7) is 5.81. The van der Waals surface area contributed by atoms with Gasteiger partial charge in [-0.05, 0) is 35.0 Å². The molecular weight excluding hydrogens is 216 g/mol. The monoisotopic (exact) mass is 226 g/mol. The van der Waals surface area contributed by atoms with E-state index in [0.29, 0.717) is 5.56 Å². The average molecular weight is 227 g/mol. The average Bonchev–Trinajstić information content (AvgIpc) is 2.08. The number of nitriles is 1. The van der Waals surface area contributed by atoms with Gasteiger partial charge in [-0.3, -0.25) is 0 Å². The fraction of sp³-hybridized carbons (Fsp3) is 0.333. The van der Waals surface area contributed by atoms with E-state index in [1.165, 1.54) is 0 Å². The van der Waals surface area contributed by atoms with Crippen LogP contribution >= 0.6 is 15.9 Å². The van der Waals surface area contributed by atoms with Gasteiger partial charge >= 0.3 is 0 Å². The maximum atomic E-state index is 8.50. The third-order valence-electron chi connectivity index (χ3n) is 1.17. The zero-order valence-electron chi connectivity index (χ0n) is 7.43. The molecule has 0 unspecified atom stereocenters. The van der Waals surface area contributed by atoms with Crippen LogP contribution in [0.15, 0.2) is 16.7 Å². The predicted octanol–water partition coefficient (Wildman–Crippen LogP) is 3.05. The number of nitrogens with zero attached hydrogens (tertiary/aromatic N) is 2. The molecule has 0 aliphatic rings. The lowest BCUT2D eigenvalue weighted by atomic mass is 10.2. The Morgan fingerprint density at radius 2 is 2.00 bits per heavy atom. The van der Waals surface area contributed by atoms with Crippen LogP contribution in [-0.4, -0.2) is 4.98 Å². The van der Waals surface area contributed by atoms with Crippen LogP contribution in [0.4, 0.5) is 0 Å². The lowest BCUT2D eigenvalue weighted by Gasteiger charge is -1.94. The summed E-state index contributed by atoms with van der Waals surface area (Å²) < 4.78 is 0.768. The van der Waals surface area contributed by atoms with E-state index in [1.807, 2.05) is 26.8 Å². The Balaban J connectivity index is 0.000000561. The molecule has 0 aliphatic heterocycles. The van der Waals surface area contributed by atoms with Gasteiger partial charge in [0.15, 0.2) is 0 Å². The first-order chi connectivity index (χ1) is 5.74. The molecular formula is C9H11BrN2. The van der Waals surface area contributed by atoms with Crippen molar-refractivity contribution in [2.75, 3.05) is 0 Å². The van der Waals surface area contributed by atoms with E-state index in [-0.39, 0.29) is 0 Å². The SMILES string of the molecule is CC.Cc1nc(Br)ccc1C#N. The summed E-state index contributed by atoms with van der Waals surface area (Å²) in [5.74, 6) is 0. The van der Waals surface area contributed by atoms with Crippen LogP contribution in [0, 0.1) is 18.3 Å². The van der Waals surface area contributed by atoms with Gasteiger partial charge in [-0.15, -0.1) is 0 Å². The molecule has 1 heterocycles. The molecule has 0 atom stereocenters. The van der Waals surface area contributed by atoms with Crippen molar-refractivity contribution in [2.45, 2.75) is 20.8 Å². The third kappa shape index (κ3) is 3.02. The van der Waals surface area contributed by atoms with Crippen molar-refractivity contribution < 1.29 is 0 Å². The predicted molar refractivity (Wildman–Crippen MR) is 52.7 cm³/mol. The molecule has 0 saturated carbocycles. The molecule has 0 N–H and O–H groups in total. The van der Waals surface area contributed by atoms with Crippen LogP contribution in [0.3, 0.4) is 0 Å². The molecule has 0 amide bonds. The van der Waals surface area contributed by atoms with Crippen molar-refractivity contribution >= 4 is 15.9 Å². The number of halogens is 1. The van der Waals surface area contributed by atoms with E-state index in [4.69, 9.17) is 5.26 Å². The van der Waals surface area contributed by atoms with E-state index in [9.17, 15) is 0 Å². The molecule has 12 heavy (non-hydrogen) atoms. The highest BCUT2D eigenvalue weighted by Gasteiger charge is 1.96. The summed E-state index contributed by atoms with van der Waals surface area (Å²) in [6.07, 6.45) is 0. The van der Waals surface area contributed by atoms with Gasteiger partial charge in [0.25, 0.3) is 0 Å².